The highest BCUT2D eigenvalue weighted by atomic mass is 32.1. The smallest absolute Gasteiger partial charge is 0.348 e. The molecule has 5 heteroatoms. The van der Waals surface area contributed by atoms with Crippen molar-refractivity contribution in [1.82, 2.24) is 0 Å². The Morgan fingerprint density at radius 1 is 1.64 bits per heavy atom. The maximum Gasteiger partial charge on any atom is 0.348 e. The van der Waals surface area contributed by atoms with Crippen LogP contribution in [0.3, 0.4) is 0 Å². The summed E-state index contributed by atoms with van der Waals surface area (Å²) >= 11 is 1.08. The lowest BCUT2D eigenvalue weighted by Gasteiger charge is -2.01. The third kappa shape index (κ3) is 2.43. The fourth-order valence-corrected chi connectivity index (χ4v) is 1.59. The first-order valence-corrected chi connectivity index (χ1v) is 4.74. The van der Waals surface area contributed by atoms with Crippen molar-refractivity contribution in [3.8, 4) is 0 Å². The van der Waals surface area contributed by atoms with Crippen LogP contribution in [0.15, 0.2) is 24.1 Å². The SMILES string of the molecule is C=CCC(=O)Nc1ccsc1C(=O)O. The Balaban J connectivity index is 2.76. The van der Waals surface area contributed by atoms with Gasteiger partial charge in [-0.1, -0.05) is 6.08 Å². The molecule has 0 saturated heterocycles. The third-order valence-corrected chi connectivity index (χ3v) is 2.37. The van der Waals surface area contributed by atoms with Crippen molar-refractivity contribution < 1.29 is 14.7 Å². The van der Waals surface area contributed by atoms with Crippen molar-refractivity contribution in [3.05, 3.63) is 29.0 Å². The van der Waals surface area contributed by atoms with E-state index in [1.54, 1.807) is 11.4 Å². The van der Waals surface area contributed by atoms with E-state index in [9.17, 15) is 9.59 Å². The zero-order chi connectivity index (χ0) is 10.6. The highest BCUT2D eigenvalue weighted by Crippen LogP contribution is 2.22. The topological polar surface area (TPSA) is 66.4 Å². The molecule has 1 heterocycles. The molecule has 74 valence electrons. The van der Waals surface area contributed by atoms with Crippen LogP contribution in [0.5, 0.6) is 0 Å². The van der Waals surface area contributed by atoms with Crippen LogP contribution in [0, 0.1) is 0 Å². The molecule has 0 aliphatic rings. The van der Waals surface area contributed by atoms with Gasteiger partial charge in [-0.3, -0.25) is 4.79 Å². The molecule has 0 unspecified atom stereocenters. The van der Waals surface area contributed by atoms with Gasteiger partial charge in [-0.05, 0) is 11.4 Å². The first-order valence-electron chi connectivity index (χ1n) is 3.86. The fraction of sp³-hybridized carbons (Fsp3) is 0.111. The number of carbonyl (C=O) groups is 2. The molecule has 4 nitrogen and oxygen atoms in total. The predicted octanol–water partition coefficient (Wildman–Crippen LogP) is 1.96. The number of amides is 1. The summed E-state index contributed by atoms with van der Waals surface area (Å²) in [7, 11) is 0. The number of carboxylic acids is 1. The van der Waals surface area contributed by atoms with Crippen LogP contribution in [0.2, 0.25) is 0 Å². The van der Waals surface area contributed by atoms with Gasteiger partial charge in [-0.15, -0.1) is 17.9 Å². The number of aromatic carboxylic acids is 1. The first kappa shape index (κ1) is 10.5. The molecule has 2 N–H and O–H groups in total. The molecule has 1 amide bonds. The average Bonchev–Trinajstić information content (AvgIpc) is 2.52. The summed E-state index contributed by atoms with van der Waals surface area (Å²) in [6.45, 7) is 3.41. The van der Waals surface area contributed by atoms with Crippen LogP contribution in [-0.2, 0) is 4.79 Å². The van der Waals surface area contributed by atoms with E-state index >= 15 is 0 Å². The van der Waals surface area contributed by atoms with Gasteiger partial charge < -0.3 is 10.4 Å². The van der Waals surface area contributed by atoms with Gasteiger partial charge in [0.2, 0.25) is 5.91 Å². The lowest BCUT2D eigenvalue weighted by Crippen LogP contribution is -2.11. The van der Waals surface area contributed by atoms with Crippen molar-refractivity contribution in [1.29, 1.82) is 0 Å². The third-order valence-electron chi connectivity index (χ3n) is 1.46. The minimum absolute atomic E-state index is 0.141. The molecule has 0 radical (unpaired) electrons. The summed E-state index contributed by atoms with van der Waals surface area (Å²) in [4.78, 5) is 21.9. The van der Waals surface area contributed by atoms with E-state index in [-0.39, 0.29) is 17.2 Å². The molecule has 1 rings (SSSR count). The summed E-state index contributed by atoms with van der Waals surface area (Å²) in [6.07, 6.45) is 1.64. The Morgan fingerprint density at radius 3 is 2.93 bits per heavy atom. The summed E-state index contributed by atoms with van der Waals surface area (Å²) in [5.41, 5.74) is 0.342. The molecule has 0 atom stereocenters. The number of anilines is 1. The van der Waals surface area contributed by atoms with Crippen LogP contribution in [0.25, 0.3) is 0 Å². The molecule has 0 aliphatic heterocycles. The number of nitrogens with one attached hydrogen (secondary N) is 1. The summed E-state index contributed by atoms with van der Waals surface area (Å²) in [5.74, 6) is -1.30. The van der Waals surface area contributed by atoms with Gasteiger partial charge in [0.15, 0.2) is 0 Å². The van der Waals surface area contributed by atoms with Gasteiger partial charge in [0, 0.05) is 6.42 Å². The second-order valence-corrected chi connectivity index (χ2v) is 3.43. The standard InChI is InChI=1S/C9H9NO3S/c1-2-3-7(11)10-6-4-5-14-8(6)9(12)13/h2,4-5H,1,3H2,(H,10,11)(H,12,13). The Morgan fingerprint density at radius 2 is 2.36 bits per heavy atom. The Labute approximate surface area is 84.9 Å². The van der Waals surface area contributed by atoms with E-state index in [1.807, 2.05) is 0 Å². The molecule has 0 bridgehead atoms. The van der Waals surface area contributed by atoms with E-state index in [0.29, 0.717) is 5.69 Å². The minimum atomic E-state index is -1.03. The fourth-order valence-electron chi connectivity index (χ4n) is 0.906. The van der Waals surface area contributed by atoms with Gasteiger partial charge in [0.25, 0.3) is 0 Å². The summed E-state index contributed by atoms with van der Waals surface area (Å²) in [6, 6.07) is 1.56. The maximum atomic E-state index is 11.1. The number of carbonyl (C=O) groups excluding carboxylic acids is 1. The Kier molecular flexibility index (Phi) is 3.41. The molecular weight excluding hydrogens is 202 g/mol. The zero-order valence-corrected chi connectivity index (χ0v) is 8.13. The number of carboxylic acid groups (broad SMARTS) is 1. The van der Waals surface area contributed by atoms with Crippen molar-refractivity contribution >= 4 is 28.9 Å². The van der Waals surface area contributed by atoms with Crippen molar-refractivity contribution in [2.45, 2.75) is 6.42 Å². The van der Waals surface area contributed by atoms with Gasteiger partial charge in [-0.25, -0.2) is 4.79 Å². The normalized spacial score (nSPS) is 9.43. The first-order chi connectivity index (χ1) is 6.65. The zero-order valence-electron chi connectivity index (χ0n) is 7.32. The minimum Gasteiger partial charge on any atom is -0.477 e. The van der Waals surface area contributed by atoms with Crippen molar-refractivity contribution in [2.24, 2.45) is 0 Å². The molecule has 1 aromatic heterocycles. The number of hydrogen-bond acceptors (Lipinski definition) is 3. The lowest BCUT2D eigenvalue weighted by molar-refractivity contribution is -0.115. The monoisotopic (exact) mass is 211 g/mol. The number of thiophene rings is 1. The summed E-state index contributed by atoms with van der Waals surface area (Å²) in [5, 5.41) is 12.8. The predicted molar refractivity (Wildman–Crippen MR) is 54.7 cm³/mol. The number of rotatable bonds is 4. The van der Waals surface area contributed by atoms with E-state index in [1.165, 1.54) is 6.08 Å². The quantitative estimate of drug-likeness (QED) is 0.748. The van der Waals surface area contributed by atoms with E-state index in [4.69, 9.17) is 5.11 Å². The van der Waals surface area contributed by atoms with Crippen LogP contribution in [0.4, 0.5) is 5.69 Å². The number of hydrogen-bond donors (Lipinski definition) is 2. The van der Waals surface area contributed by atoms with Crippen molar-refractivity contribution in [3.63, 3.8) is 0 Å². The second-order valence-electron chi connectivity index (χ2n) is 2.51. The molecule has 1 aromatic rings. The van der Waals surface area contributed by atoms with Crippen molar-refractivity contribution in [2.75, 3.05) is 5.32 Å². The van der Waals surface area contributed by atoms with E-state index < -0.39 is 5.97 Å². The molecule has 0 aromatic carbocycles. The Bertz CT molecular complexity index is 370. The van der Waals surface area contributed by atoms with Gasteiger partial charge >= 0.3 is 5.97 Å². The lowest BCUT2D eigenvalue weighted by atomic mass is 10.3. The molecule has 14 heavy (non-hydrogen) atoms. The van der Waals surface area contributed by atoms with Crippen LogP contribution in [-0.4, -0.2) is 17.0 Å². The van der Waals surface area contributed by atoms with Gasteiger partial charge in [0.05, 0.1) is 5.69 Å². The molecule has 0 spiro atoms. The van der Waals surface area contributed by atoms with Crippen LogP contribution in [0.1, 0.15) is 16.1 Å². The van der Waals surface area contributed by atoms with E-state index in [0.717, 1.165) is 11.3 Å². The van der Waals surface area contributed by atoms with Gasteiger partial charge in [-0.2, -0.15) is 0 Å². The van der Waals surface area contributed by atoms with E-state index in [2.05, 4.69) is 11.9 Å². The molecule has 0 fully saturated rings. The van der Waals surface area contributed by atoms with Crippen LogP contribution < -0.4 is 5.32 Å². The summed E-state index contributed by atoms with van der Waals surface area (Å²) < 4.78 is 0. The van der Waals surface area contributed by atoms with Crippen LogP contribution >= 0.6 is 11.3 Å². The average molecular weight is 211 g/mol. The highest BCUT2D eigenvalue weighted by Gasteiger charge is 2.12. The van der Waals surface area contributed by atoms with Gasteiger partial charge in [0.1, 0.15) is 4.88 Å². The molecule has 0 saturated carbocycles. The maximum absolute atomic E-state index is 11.1. The Hall–Kier alpha value is -1.62. The highest BCUT2D eigenvalue weighted by molar-refractivity contribution is 7.12. The molecule has 0 aliphatic carbocycles. The molecular formula is C9H9NO3S. The largest absolute Gasteiger partial charge is 0.477 e. The second kappa shape index (κ2) is 4.57.